The maximum atomic E-state index is 12.1. The highest BCUT2D eigenvalue weighted by atomic mass is 16.5. The van der Waals surface area contributed by atoms with Crippen LogP contribution in [0.2, 0.25) is 0 Å². The van der Waals surface area contributed by atoms with Crippen LogP contribution in [0.5, 0.6) is 0 Å². The van der Waals surface area contributed by atoms with E-state index >= 15 is 0 Å². The van der Waals surface area contributed by atoms with Gasteiger partial charge < -0.3 is 14.4 Å². The first-order valence-corrected chi connectivity index (χ1v) is 7.09. The molecule has 1 heterocycles. The molecule has 120 valence electrons. The van der Waals surface area contributed by atoms with Crippen molar-refractivity contribution in [2.75, 3.05) is 47.4 Å². The monoisotopic (exact) mass is 300 g/mol. The third kappa shape index (κ3) is 5.71. The van der Waals surface area contributed by atoms with Gasteiger partial charge in [0.05, 0.1) is 33.1 Å². The first-order chi connectivity index (χ1) is 9.97. The van der Waals surface area contributed by atoms with E-state index < -0.39 is 0 Å². The average Bonchev–Trinajstić information content (AvgIpc) is 2.51. The van der Waals surface area contributed by atoms with Crippen molar-refractivity contribution in [2.45, 2.75) is 19.3 Å². The van der Waals surface area contributed by atoms with Gasteiger partial charge in [-0.25, -0.2) is 0 Å². The van der Waals surface area contributed by atoms with Crippen molar-refractivity contribution in [3.63, 3.8) is 0 Å². The largest absolute Gasteiger partial charge is 0.469 e. The summed E-state index contributed by atoms with van der Waals surface area (Å²) in [4.78, 5) is 38.1. The Balaban J connectivity index is 2.30. The van der Waals surface area contributed by atoms with Crippen molar-refractivity contribution in [3.8, 4) is 0 Å². The Morgan fingerprint density at radius 2 is 1.76 bits per heavy atom. The summed E-state index contributed by atoms with van der Waals surface area (Å²) < 4.78 is 9.28. The van der Waals surface area contributed by atoms with Gasteiger partial charge in [-0.3, -0.25) is 19.3 Å². The number of piperidine rings is 1. The van der Waals surface area contributed by atoms with Gasteiger partial charge in [-0.1, -0.05) is 0 Å². The molecule has 1 fully saturated rings. The molecular weight excluding hydrogens is 276 g/mol. The molecular formula is C14H24N2O5. The number of hydrogen-bond acceptors (Lipinski definition) is 6. The Labute approximate surface area is 125 Å². The number of rotatable bonds is 6. The van der Waals surface area contributed by atoms with Gasteiger partial charge in [0, 0.05) is 19.6 Å². The normalized spacial score (nSPS) is 15.9. The second-order valence-electron chi connectivity index (χ2n) is 5.24. The summed E-state index contributed by atoms with van der Waals surface area (Å²) in [6.45, 7) is 1.89. The first kappa shape index (κ1) is 17.4. The maximum Gasteiger partial charge on any atom is 0.308 e. The van der Waals surface area contributed by atoms with Crippen LogP contribution >= 0.6 is 0 Å². The third-order valence-corrected chi connectivity index (χ3v) is 3.71. The highest BCUT2D eigenvalue weighted by Crippen LogP contribution is 2.18. The second-order valence-corrected chi connectivity index (χ2v) is 5.24. The van der Waals surface area contributed by atoms with Crippen molar-refractivity contribution in [1.82, 2.24) is 9.80 Å². The lowest BCUT2D eigenvalue weighted by atomic mass is 9.97. The van der Waals surface area contributed by atoms with Gasteiger partial charge in [-0.2, -0.15) is 0 Å². The molecule has 1 amide bonds. The molecule has 0 saturated carbocycles. The Morgan fingerprint density at radius 1 is 1.14 bits per heavy atom. The number of esters is 2. The van der Waals surface area contributed by atoms with Gasteiger partial charge in [-0.05, 0) is 19.9 Å². The number of ether oxygens (including phenoxy) is 2. The van der Waals surface area contributed by atoms with E-state index in [1.165, 1.54) is 14.2 Å². The molecule has 0 unspecified atom stereocenters. The van der Waals surface area contributed by atoms with Crippen LogP contribution in [0.3, 0.4) is 0 Å². The molecule has 0 spiro atoms. The van der Waals surface area contributed by atoms with Crippen LogP contribution in [0.15, 0.2) is 0 Å². The van der Waals surface area contributed by atoms with Gasteiger partial charge in [0.1, 0.15) is 0 Å². The molecule has 0 N–H and O–H groups in total. The van der Waals surface area contributed by atoms with Crippen LogP contribution in [0.25, 0.3) is 0 Å². The first-order valence-electron chi connectivity index (χ1n) is 7.09. The van der Waals surface area contributed by atoms with Gasteiger partial charge in [0.25, 0.3) is 0 Å². The van der Waals surface area contributed by atoms with Crippen molar-refractivity contribution in [2.24, 2.45) is 5.92 Å². The summed E-state index contributed by atoms with van der Waals surface area (Å²) >= 11 is 0. The molecule has 0 bridgehead atoms. The minimum atomic E-state index is -0.284. The van der Waals surface area contributed by atoms with Crippen molar-refractivity contribution in [1.29, 1.82) is 0 Å². The third-order valence-electron chi connectivity index (χ3n) is 3.71. The summed E-state index contributed by atoms with van der Waals surface area (Å²) in [6.07, 6.45) is 1.55. The van der Waals surface area contributed by atoms with Gasteiger partial charge in [0.15, 0.2) is 0 Å². The molecule has 0 aliphatic carbocycles. The fourth-order valence-corrected chi connectivity index (χ4v) is 2.33. The lowest BCUT2D eigenvalue weighted by molar-refractivity contribution is -0.149. The lowest BCUT2D eigenvalue weighted by Crippen LogP contribution is -2.44. The summed E-state index contributed by atoms with van der Waals surface area (Å²) in [6, 6.07) is 0. The predicted octanol–water partition coefficient (Wildman–Crippen LogP) is -0.107. The summed E-state index contributed by atoms with van der Waals surface area (Å²) in [5, 5.41) is 0. The standard InChI is InChI=1S/C14H24N2O5/c1-15(7-6-13(18)20-2)10-12(17)16-8-4-11(5-9-16)14(19)21-3/h11H,4-10H2,1-3H3. The number of likely N-dealkylation sites (tertiary alicyclic amines) is 1. The van der Waals surface area contributed by atoms with Crippen LogP contribution in [-0.4, -0.2) is 75.1 Å². The number of carbonyl (C=O) groups is 3. The molecule has 0 aromatic carbocycles. The number of likely N-dealkylation sites (N-methyl/N-ethyl adjacent to an activating group) is 1. The van der Waals surface area contributed by atoms with E-state index in [0.29, 0.717) is 32.5 Å². The zero-order valence-electron chi connectivity index (χ0n) is 13.0. The molecule has 0 aromatic heterocycles. The molecule has 1 aliphatic rings. The van der Waals surface area contributed by atoms with E-state index in [4.69, 9.17) is 4.74 Å². The van der Waals surface area contributed by atoms with Gasteiger partial charge >= 0.3 is 11.9 Å². The van der Waals surface area contributed by atoms with E-state index in [1.54, 1.807) is 16.8 Å². The molecule has 1 aliphatic heterocycles. The van der Waals surface area contributed by atoms with Crippen LogP contribution < -0.4 is 0 Å². The molecule has 7 heteroatoms. The number of carbonyl (C=O) groups excluding carboxylic acids is 3. The van der Waals surface area contributed by atoms with Crippen LogP contribution in [0, 0.1) is 5.92 Å². The zero-order valence-corrected chi connectivity index (χ0v) is 13.0. The smallest absolute Gasteiger partial charge is 0.308 e. The average molecular weight is 300 g/mol. The molecule has 0 atom stereocenters. The Hall–Kier alpha value is -1.63. The molecule has 21 heavy (non-hydrogen) atoms. The lowest BCUT2D eigenvalue weighted by Gasteiger charge is -2.31. The minimum Gasteiger partial charge on any atom is -0.469 e. The minimum absolute atomic E-state index is 0.0191. The number of nitrogens with zero attached hydrogens (tertiary/aromatic N) is 2. The van der Waals surface area contributed by atoms with E-state index in [-0.39, 0.29) is 36.7 Å². The zero-order chi connectivity index (χ0) is 15.8. The van der Waals surface area contributed by atoms with Crippen LogP contribution in [0.1, 0.15) is 19.3 Å². The summed E-state index contributed by atoms with van der Waals surface area (Å²) in [5.41, 5.74) is 0. The van der Waals surface area contributed by atoms with Crippen LogP contribution in [-0.2, 0) is 23.9 Å². The Morgan fingerprint density at radius 3 is 2.29 bits per heavy atom. The fourth-order valence-electron chi connectivity index (χ4n) is 2.33. The molecule has 7 nitrogen and oxygen atoms in total. The Kier molecular flexibility index (Phi) is 7.14. The maximum absolute atomic E-state index is 12.1. The fraction of sp³-hybridized carbons (Fsp3) is 0.786. The molecule has 1 saturated heterocycles. The van der Waals surface area contributed by atoms with Crippen molar-refractivity contribution >= 4 is 17.8 Å². The highest BCUT2D eigenvalue weighted by Gasteiger charge is 2.28. The predicted molar refractivity (Wildman–Crippen MR) is 75.5 cm³/mol. The summed E-state index contributed by atoms with van der Waals surface area (Å²) in [7, 11) is 4.52. The van der Waals surface area contributed by atoms with E-state index in [1.807, 2.05) is 0 Å². The number of hydrogen-bond donors (Lipinski definition) is 0. The molecule has 0 aromatic rings. The van der Waals surface area contributed by atoms with Gasteiger partial charge in [0.2, 0.25) is 5.91 Å². The van der Waals surface area contributed by atoms with Crippen LogP contribution in [0.4, 0.5) is 0 Å². The number of methoxy groups -OCH3 is 2. The van der Waals surface area contributed by atoms with Gasteiger partial charge in [-0.15, -0.1) is 0 Å². The number of amides is 1. The van der Waals surface area contributed by atoms with E-state index in [2.05, 4.69) is 4.74 Å². The summed E-state index contributed by atoms with van der Waals surface area (Å²) in [5.74, 6) is -0.563. The van der Waals surface area contributed by atoms with Crippen molar-refractivity contribution in [3.05, 3.63) is 0 Å². The molecule has 1 rings (SSSR count). The quantitative estimate of drug-likeness (QED) is 0.637. The SMILES string of the molecule is COC(=O)CCN(C)CC(=O)N1CCC(C(=O)OC)CC1. The Bertz CT molecular complexity index is 378. The molecule has 0 radical (unpaired) electrons. The topological polar surface area (TPSA) is 76.2 Å². The highest BCUT2D eigenvalue weighted by molar-refractivity contribution is 5.79. The second kappa shape index (κ2) is 8.61. The van der Waals surface area contributed by atoms with E-state index in [9.17, 15) is 14.4 Å². The van der Waals surface area contributed by atoms with E-state index in [0.717, 1.165) is 0 Å². The van der Waals surface area contributed by atoms with Crippen molar-refractivity contribution < 1.29 is 23.9 Å².